The molecule has 0 unspecified atom stereocenters. The van der Waals surface area contributed by atoms with E-state index >= 15 is 0 Å². The molecule has 1 saturated heterocycles. The number of carbonyl (C=O) groups is 1. The smallest absolute Gasteiger partial charge is 0.257 e. The minimum Gasteiger partial charge on any atom is -0.486 e. The van der Waals surface area contributed by atoms with Crippen molar-refractivity contribution in [3.8, 4) is 11.5 Å². The van der Waals surface area contributed by atoms with Crippen molar-refractivity contribution in [1.82, 2.24) is 4.90 Å². The maximum Gasteiger partial charge on any atom is 0.257 e. The van der Waals surface area contributed by atoms with Crippen LogP contribution in [0.15, 0.2) is 18.2 Å². The molecule has 3 rings (SSSR count). The van der Waals surface area contributed by atoms with E-state index in [-0.39, 0.29) is 12.0 Å². The van der Waals surface area contributed by atoms with Crippen molar-refractivity contribution >= 4 is 5.91 Å². The molecule has 2 aliphatic heterocycles. The molecular weight excluding hydrogens is 282 g/mol. The Labute approximate surface area is 131 Å². The van der Waals surface area contributed by atoms with Crippen molar-refractivity contribution in [2.45, 2.75) is 32.3 Å². The van der Waals surface area contributed by atoms with E-state index in [4.69, 9.17) is 14.2 Å². The lowest BCUT2D eigenvalue weighted by Gasteiger charge is -2.30. The highest BCUT2D eigenvalue weighted by Gasteiger charge is 2.26. The van der Waals surface area contributed by atoms with E-state index < -0.39 is 0 Å². The number of nitrogens with zero attached hydrogens (tertiary/aromatic N) is 1. The Morgan fingerprint density at radius 2 is 2.09 bits per heavy atom. The zero-order valence-electron chi connectivity index (χ0n) is 13.0. The van der Waals surface area contributed by atoms with Crippen LogP contribution in [0.1, 0.15) is 36.5 Å². The van der Waals surface area contributed by atoms with Gasteiger partial charge in [-0.2, -0.15) is 0 Å². The van der Waals surface area contributed by atoms with Gasteiger partial charge in [0.25, 0.3) is 5.91 Å². The van der Waals surface area contributed by atoms with Gasteiger partial charge in [-0.25, -0.2) is 0 Å². The van der Waals surface area contributed by atoms with Crippen molar-refractivity contribution in [2.24, 2.45) is 0 Å². The summed E-state index contributed by atoms with van der Waals surface area (Å²) in [5.74, 6) is 1.21. The van der Waals surface area contributed by atoms with E-state index in [0.29, 0.717) is 43.4 Å². The van der Waals surface area contributed by atoms with Crippen LogP contribution in [0.4, 0.5) is 0 Å². The second-order valence-electron chi connectivity index (χ2n) is 5.66. The summed E-state index contributed by atoms with van der Waals surface area (Å²) >= 11 is 0. The van der Waals surface area contributed by atoms with Crippen molar-refractivity contribution in [2.75, 3.05) is 32.9 Å². The maximum absolute atomic E-state index is 12.9. The molecule has 120 valence electrons. The van der Waals surface area contributed by atoms with E-state index in [1.54, 1.807) is 6.07 Å². The molecule has 2 heterocycles. The van der Waals surface area contributed by atoms with Gasteiger partial charge in [0.2, 0.25) is 0 Å². The van der Waals surface area contributed by atoms with Gasteiger partial charge in [-0.3, -0.25) is 4.79 Å². The first-order valence-corrected chi connectivity index (χ1v) is 8.09. The summed E-state index contributed by atoms with van der Waals surface area (Å²) in [5.41, 5.74) is 0.579. The highest BCUT2D eigenvalue weighted by molar-refractivity contribution is 5.97. The van der Waals surface area contributed by atoms with E-state index in [9.17, 15) is 4.79 Å². The van der Waals surface area contributed by atoms with Crippen LogP contribution in [0.5, 0.6) is 11.5 Å². The fourth-order valence-electron chi connectivity index (χ4n) is 2.97. The molecule has 0 radical (unpaired) electrons. The fraction of sp³-hybridized carbons (Fsp3) is 0.588. The molecule has 0 saturated carbocycles. The second-order valence-corrected chi connectivity index (χ2v) is 5.66. The third-order valence-electron chi connectivity index (χ3n) is 4.16. The summed E-state index contributed by atoms with van der Waals surface area (Å²) in [5, 5.41) is 0. The number of benzene rings is 1. The molecule has 22 heavy (non-hydrogen) atoms. The minimum atomic E-state index is -0.0148. The number of carbonyl (C=O) groups excluding carboxylic acids is 1. The summed E-state index contributed by atoms with van der Waals surface area (Å²) in [6.07, 6.45) is 3.47. The number of ether oxygens (including phenoxy) is 3. The molecule has 1 aromatic carbocycles. The molecule has 1 amide bonds. The van der Waals surface area contributed by atoms with Gasteiger partial charge in [0.15, 0.2) is 11.5 Å². The van der Waals surface area contributed by atoms with Crippen LogP contribution in [-0.4, -0.2) is 49.8 Å². The van der Waals surface area contributed by atoms with Gasteiger partial charge in [0.05, 0.1) is 11.7 Å². The monoisotopic (exact) mass is 305 g/mol. The maximum atomic E-state index is 12.9. The highest BCUT2D eigenvalue weighted by atomic mass is 16.6. The number of likely N-dealkylation sites (N-methyl/N-ethyl adjacent to an activating group) is 1. The summed E-state index contributed by atoms with van der Waals surface area (Å²) in [7, 11) is 0. The molecule has 0 aliphatic carbocycles. The van der Waals surface area contributed by atoms with Gasteiger partial charge in [0.1, 0.15) is 13.2 Å². The number of para-hydroxylation sites is 1. The Hall–Kier alpha value is -1.75. The van der Waals surface area contributed by atoms with Crippen molar-refractivity contribution in [3.05, 3.63) is 23.8 Å². The van der Waals surface area contributed by atoms with Crippen LogP contribution in [0.2, 0.25) is 0 Å². The van der Waals surface area contributed by atoms with Gasteiger partial charge >= 0.3 is 0 Å². The topological polar surface area (TPSA) is 48.0 Å². The van der Waals surface area contributed by atoms with E-state index in [0.717, 1.165) is 19.4 Å². The second kappa shape index (κ2) is 7.01. The van der Waals surface area contributed by atoms with E-state index in [1.165, 1.54) is 6.42 Å². The quantitative estimate of drug-likeness (QED) is 0.857. The summed E-state index contributed by atoms with van der Waals surface area (Å²) in [6.45, 7) is 5.10. The van der Waals surface area contributed by atoms with Gasteiger partial charge in [-0.05, 0) is 38.3 Å². The Kier molecular flexibility index (Phi) is 4.83. The normalized spacial score (nSPS) is 20.5. The SMILES string of the molecule is CCN(C[C@H]1CCCCO1)C(=O)c1cccc2c1OCCO2. The van der Waals surface area contributed by atoms with Gasteiger partial charge in [0, 0.05) is 19.7 Å². The van der Waals surface area contributed by atoms with Crippen molar-refractivity contribution in [3.63, 3.8) is 0 Å². The zero-order chi connectivity index (χ0) is 15.4. The molecule has 0 bridgehead atoms. The summed E-state index contributed by atoms with van der Waals surface area (Å²) in [6, 6.07) is 5.48. The molecule has 5 nitrogen and oxygen atoms in total. The molecule has 5 heteroatoms. The molecule has 0 spiro atoms. The standard InChI is InChI=1S/C17H23NO4/c1-2-18(12-13-6-3-4-9-20-13)17(19)14-7-5-8-15-16(14)22-11-10-21-15/h5,7-8,13H,2-4,6,9-12H2,1H3/t13-/m1/s1. The molecule has 2 aliphatic rings. The average Bonchev–Trinajstić information content (AvgIpc) is 2.59. The van der Waals surface area contributed by atoms with Gasteiger partial charge in [-0.15, -0.1) is 0 Å². The van der Waals surface area contributed by atoms with Crippen molar-refractivity contribution < 1.29 is 19.0 Å². The molecule has 0 N–H and O–H groups in total. The Morgan fingerprint density at radius 3 is 2.86 bits per heavy atom. The summed E-state index contributed by atoms with van der Waals surface area (Å²) in [4.78, 5) is 14.7. The first kappa shape index (κ1) is 15.2. The fourth-order valence-corrected chi connectivity index (χ4v) is 2.97. The van der Waals surface area contributed by atoms with Crippen LogP contribution in [0.3, 0.4) is 0 Å². The number of hydrogen-bond donors (Lipinski definition) is 0. The lowest BCUT2D eigenvalue weighted by Crippen LogP contribution is -2.40. The third-order valence-corrected chi connectivity index (χ3v) is 4.16. The van der Waals surface area contributed by atoms with Crippen LogP contribution >= 0.6 is 0 Å². The lowest BCUT2D eigenvalue weighted by atomic mass is 10.1. The van der Waals surface area contributed by atoms with Gasteiger partial charge in [-0.1, -0.05) is 6.07 Å². The molecular formula is C17H23NO4. The predicted octanol–water partition coefficient (Wildman–Crippen LogP) is 2.49. The predicted molar refractivity (Wildman–Crippen MR) is 82.6 cm³/mol. The number of rotatable bonds is 4. The number of amides is 1. The van der Waals surface area contributed by atoms with E-state index in [1.807, 2.05) is 24.0 Å². The Morgan fingerprint density at radius 1 is 1.23 bits per heavy atom. The molecule has 1 aromatic rings. The first-order valence-electron chi connectivity index (χ1n) is 8.09. The zero-order valence-corrected chi connectivity index (χ0v) is 13.0. The van der Waals surface area contributed by atoms with Crippen LogP contribution in [0, 0.1) is 0 Å². The van der Waals surface area contributed by atoms with Crippen LogP contribution < -0.4 is 9.47 Å². The van der Waals surface area contributed by atoms with Crippen LogP contribution in [-0.2, 0) is 4.74 Å². The first-order chi connectivity index (χ1) is 10.8. The Balaban J connectivity index is 1.76. The van der Waals surface area contributed by atoms with Crippen LogP contribution in [0.25, 0.3) is 0 Å². The number of fused-ring (bicyclic) bond motifs is 1. The van der Waals surface area contributed by atoms with Gasteiger partial charge < -0.3 is 19.1 Å². The summed E-state index contributed by atoms with van der Waals surface area (Å²) < 4.78 is 17.0. The third kappa shape index (κ3) is 3.19. The molecule has 1 atom stereocenters. The van der Waals surface area contributed by atoms with E-state index in [2.05, 4.69) is 0 Å². The molecule has 0 aromatic heterocycles. The largest absolute Gasteiger partial charge is 0.486 e. The average molecular weight is 305 g/mol. The molecule has 1 fully saturated rings. The Bertz CT molecular complexity index is 525. The lowest BCUT2D eigenvalue weighted by molar-refractivity contribution is -0.00323. The number of hydrogen-bond acceptors (Lipinski definition) is 4. The minimum absolute atomic E-state index is 0.0148. The highest BCUT2D eigenvalue weighted by Crippen LogP contribution is 2.34. The van der Waals surface area contributed by atoms with Crippen molar-refractivity contribution in [1.29, 1.82) is 0 Å².